The van der Waals surface area contributed by atoms with Gasteiger partial charge in [-0.3, -0.25) is 4.79 Å². The van der Waals surface area contributed by atoms with Crippen LogP contribution in [0.3, 0.4) is 0 Å². The predicted molar refractivity (Wildman–Crippen MR) is 58.1 cm³/mol. The van der Waals surface area contributed by atoms with Crippen LogP contribution in [0.5, 0.6) is 5.75 Å². The van der Waals surface area contributed by atoms with Crippen LogP contribution in [0.2, 0.25) is 10.0 Å². The molecule has 0 aliphatic rings. The molecule has 0 fully saturated rings. The highest BCUT2D eigenvalue weighted by molar-refractivity contribution is 6.41. The number of alkyl halides is 3. The van der Waals surface area contributed by atoms with Crippen molar-refractivity contribution in [1.82, 2.24) is 0 Å². The summed E-state index contributed by atoms with van der Waals surface area (Å²) in [5.74, 6) is -1.54. The maximum absolute atomic E-state index is 12.6. The van der Waals surface area contributed by atoms with Gasteiger partial charge in [0.15, 0.2) is 0 Å². The standard InChI is InChI=1S/C9H5Cl3F2O2/c1-16-7-2-4(5(10)3-6(7)11)8(15)9(12,13)14/h2-3H,1H3. The molecule has 0 unspecified atom stereocenters. The molecule has 88 valence electrons. The average Bonchev–Trinajstić information content (AvgIpc) is 2.15. The Balaban J connectivity index is 3.30. The Bertz CT molecular complexity index is 429. The monoisotopic (exact) mass is 288 g/mol. The van der Waals surface area contributed by atoms with E-state index in [1.54, 1.807) is 0 Å². The second-order valence-electron chi connectivity index (χ2n) is 2.79. The molecule has 0 aliphatic carbocycles. The first-order valence-electron chi connectivity index (χ1n) is 3.92. The number of hydrogen-bond donors (Lipinski definition) is 0. The van der Waals surface area contributed by atoms with Crippen molar-refractivity contribution in [2.24, 2.45) is 0 Å². The van der Waals surface area contributed by atoms with Gasteiger partial charge in [-0.05, 0) is 23.7 Å². The van der Waals surface area contributed by atoms with Gasteiger partial charge in [-0.25, -0.2) is 0 Å². The van der Waals surface area contributed by atoms with Gasteiger partial charge in [-0.2, -0.15) is 8.78 Å². The minimum Gasteiger partial charge on any atom is -0.495 e. The van der Waals surface area contributed by atoms with Crippen LogP contribution >= 0.6 is 34.8 Å². The van der Waals surface area contributed by atoms with Crippen molar-refractivity contribution in [3.05, 3.63) is 27.7 Å². The first kappa shape index (κ1) is 13.5. The van der Waals surface area contributed by atoms with E-state index in [-0.39, 0.29) is 15.8 Å². The summed E-state index contributed by atoms with van der Waals surface area (Å²) in [6.45, 7) is 0. The number of ether oxygens (including phenoxy) is 1. The molecular weight excluding hydrogens is 284 g/mol. The van der Waals surface area contributed by atoms with Gasteiger partial charge in [0.2, 0.25) is 5.78 Å². The number of benzene rings is 1. The molecule has 0 saturated carbocycles. The summed E-state index contributed by atoms with van der Waals surface area (Å²) in [6.07, 6.45) is 0. The Morgan fingerprint density at radius 2 is 1.88 bits per heavy atom. The molecule has 0 saturated heterocycles. The summed E-state index contributed by atoms with van der Waals surface area (Å²) in [4.78, 5) is 11.2. The molecule has 0 atom stereocenters. The molecule has 0 N–H and O–H groups in total. The second kappa shape index (κ2) is 4.73. The van der Waals surface area contributed by atoms with E-state index in [2.05, 4.69) is 11.6 Å². The maximum atomic E-state index is 12.6. The molecule has 0 heterocycles. The molecule has 0 aromatic heterocycles. The summed E-state index contributed by atoms with van der Waals surface area (Å²) in [7, 11) is 1.28. The van der Waals surface area contributed by atoms with Crippen LogP contribution < -0.4 is 4.74 Å². The van der Waals surface area contributed by atoms with Crippen LogP contribution in [-0.2, 0) is 0 Å². The zero-order valence-corrected chi connectivity index (χ0v) is 10.1. The smallest absolute Gasteiger partial charge is 0.384 e. The third-order valence-corrected chi connectivity index (χ3v) is 2.52. The minimum atomic E-state index is -4.01. The lowest BCUT2D eigenvalue weighted by molar-refractivity contribution is 0.0536. The molecule has 0 aliphatic heterocycles. The second-order valence-corrected chi connectivity index (χ2v) is 4.08. The molecule has 1 aromatic rings. The van der Waals surface area contributed by atoms with Crippen LogP contribution in [0.25, 0.3) is 0 Å². The Kier molecular flexibility index (Phi) is 3.99. The lowest BCUT2D eigenvalue weighted by atomic mass is 10.1. The van der Waals surface area contributed by atoms with Gasteiger partial charge in [0.1, 0.15) is 5.75 Å². The van der Waals surface area contributed by atoms with E-state index in [1.807, 2.05) is 0 Å². The SMILES string of the molecule is COc1cc(C(=O)C(F)(F)Cl)c(Cl)cc1Cl. The van der Waals surface area contributed by atoms with Gasteiger partial charge in [0, 0.05) is 5.56 Å². The molecule has 7 heteroatoms. The fourth-order valence-corrected chi connectivity index (χ4v) is 1.66. The average molecular weight is 289 g/mol. The number of ketones is 1. The summed E-state index contributed by atoms with van der Waals surface area (Å²) in [5, 5.41) is -4.11. The van der Waals surface area contributed by atoms with Crippen molar-refractivity contribution >= 4 is 40.6 Å². The first-order chi connectivity index (χ1) is 7.27. The topological polar surface area (TPSA) is 26.3 Å². The van der Waals surface area contributed by atoms with E-state index in [0.717, 1.165) is 12.1 Å². The number of hydrogen-bond acceptors (Lipinski definition) is 2. The zero-order chi connectivity index (χ0) is 12.5. The number of Topliss-reactive ketones (excluding diaryl/α,β-unsaturated/α-hetero) is 1. The maximum Gasteiger partial charge on any atom is 0.384 e. The third-order valence-electron chi connectivity index (χ3n) is 1.74. The third kappa shape index (κ3) is 2.75. The number of rotatable bonds is 3. The fraction of sp³-hybridized carbons (Fsp3) is 0.222. The highest BCUT2D eigenvalue weighted by atomic mass is 35.5. The Morgan fingerprint density at radius 3 is 2.31 bits per heavy atom. The Labute approximate surface area is 105 Å². The van der Waals surface area contributed by atoms with Crippen LogP contribution in [0.4, 0.5) is 8.78 Å². The molecule has 1 aromatic carbocycles. The minimum absolute atomic E-state index is 0.0651. The summed E-state index contributed by atoms with van der Waals surface area (Å²) in [6, 6.07) is 2.15. The lowest BCUT2D eigenvalue weighted by Gasteiger charge is -2.10. The molecule has 2 nitrogen and oxygen atoms in total. The molecular formula is C9H5Cl3F2O2. The summed E-state index contributed by atoms with van der Waals surface area (Å²) < 4.78 is 30.0. The highest BCUT2D eigenvalue weighted by Crippen LogP contribution is 2.34. The van der Waals surface area contributed by atoms with Gasteiger partial charge in [-0.1, -0.05) is 23.2 Å². The van der Waals surface area contributed by atoms with E-state index in [4.69, 9.17) is 27.9 Å². The van der Waals surface area contributed by atoms with Gasteiger partial charge in [-0.15, -0.1) is 0 Å². The number of carbonyl (C=O) groups excluding carboxylic acids is 1. The largest absolute Gasteiger partial charge is 0.495 e. The van der Waals surface area contributed by atoms with E-state index >= 15 is 0 Å². The normalized spacial score (nSPS) is 11.4. The van der Waals surface area contributed by atoms with Gasteiger partial charge in [0.25, 0.3) is 0 Å². The van der Waals surface area contributed by atoms with Gasteiger partial charge < -0.3 is 4.74 Å². The summed E-state index contributed by atoms with van der Waals surface area (Å²) >= 11 is 15.9. The van der Waals surface area contributed by atoms with Crippen molar-refractivity contribution in [3.8, 4) is 5.75 Å². The molecule has 0 amide bonds. The van der Waals surface area contributed by atoms with Crippen molar-refractivity contribution in [2.75, 3.05) is 7.11 Å². The molecule has 1 rings (SSSR count). The molecule has 0 radical (unpaired) electrons. The van der Waals surface area contributed by atoms with E-state index in [0.29, 0.717) is 0 Å². The molecule has 0 bridgehead atoms. The fourth-order valence-electron chi connectivity index (χ4n) is 1.01. The number of methoxy groups -OCH3 is 1. The van der Waals surface area contributed by atoms with Crippen molar-refractivity contribution in [2.45, 2.75) is 5.38 Å². The first-order valence-corrected chi connectivity index (χ1v) is 5.05. The Hall–Kier alpha value is -0.580. The molecule has 16 heavy (non-hydrogen) atoms. The summed E-state index contributed by atoms with van der Waals surface area (Å²) in [5.41, 5.74) is -0.442. The van der Waals surface area contributed by atoms with E-state index in [1.165, 1.54) is 7.11 Å². The van der Waals surface area contributed by atoms with E-state index < -0.39 is 16.7 Å². The molecule has 0 spiro atoms. The van der Waals surface area contributed by atoms with Crippen LogP contribution in [0.1, 0.15) is 10.4 Å². The van der Waals surface area contributed by atoms with Crippen molar-refractivity contribution in [1.29, 1.82) is 0 Å². The van der Waals surface area contributed by atoms with Crippen LogP contribution in [0, 0.1) is 0 Å². The highest BCUT2D eigenvalue weighted by Gasteiger charge is 2.38. The van der Waals surface area contributed by atoms with Gasteiger partial charge in [0.05, 0.1) is 17.2 Å². The Morgan fingerprint density at radius 1 is 1.31 bits per heavy atom. The van der Waals surface area contributed by atoms with Crippen molar-refractivity contribution in [3.63, 3.8) is 0 Å². The number of carbonyl (C=O) groups is 1. The number of halogens is 5. The van der Waals surface area contributed by atoms with Gasteiger partial charge >= 0.3 is 5.38 Å². The quantitative estimate of drug-likeness (QED) is 0.620. The van der Waals surface area contributed by atoms with Crippen molar-refractivity contribution < 1.29 is 18.3 Å². The predicted octanol–water partition coefficient (Wildman–Crippen LogP) is 4.02. The van der Waals surface area contributed by atoms with Crippen LogP contribution in [0.15, 0.2) is 12.1 Å². The van der Waals surface area contributed by atoms with E-state index in [9.17, 15) is 13.6 Å². The lowest BCUT2D eigenvalue weighted by Crippen LogP contribution is -2.21. The van der Waals surface area contributed by atoms with Crippen LogP contribution in [-0.4, -0.2) is 18.3 Å². The zero-order valence-electron chi connectivity index (χ0n) is 7.86.